The van der Waals surface area contributed by atoms with Crippen LogP contribution in [-0.4, -0.2) is 35.8 Å². The molecule has 5 heteroatoms. The van der Waals surface area contributed by atoms with Crippen LogP contribution in [0.5, 0.6) is 5.75 Å². The molecule has 2 atom stereocenters. The van der Waals surface area contributed by atoms with Crippen molar-refractivity contribution in [1.29, 1.82) is 0 Å². The number of hydrogen-bond acceptors (Lipinski definition) is 3. The Morgan fingerprint density at radius 3 is 2.60 bits per heavy atom. The van der Waals surface area contributed by atoms with E-state index in [-0.39, 0.29) is 12.4 Å². The summed E-state index contributed by atoms with van der Waals surface area (Å²) in [5, 5.41) is 9.27. The standard InChI is InChI=1S/C15H21F2NO2/c1-11-2-3-13(10-19)9-18(11)8-12-4-6-14(7-5-12)20-15(16)17/h4-7,11,13,15,19H,2-3,8-10H2,1H3. The van der Waals surface area contributed by atoms with Crippen LogP contribution in [0.2, 0.25) is 0 Å². The zero-order chi connectivity index (χ0) is 14.5. The molecule has 1 heterocycles. The second kappa shape index (κ2) is 6.99. The van der Waals surface area contributed by atoms with E-state index in [1.807, 2.05) is 12.1 Å². The predicted octanol–water partition coefficient (Wildman–Crippen LogP) is 2.88. The molecule has 0 aliphatic carbocycles. The fraction of sp³-hybridized carbons (Fsp3) is 0.600. The lowest BCUT2D eigenvalue weighted by Crippen LogP contribution is -2.42. The number of hydrogen-bond donors (Lipinski definition) is 1. The van der Waals surface area contributed by atoms with E-state index in [1.54, 1.807) is 12.1 Å². The first kappa shape index (κ1) is 15.2. The fourth-order valence-electron chi connectivity index (χ4n) is 2.64. The molecule has 1 aliphatic heterocycles. The summed E-state index contributed by atoms with van der Waals surface area (Å²) < 4.78 is 28.5. The Morgan fingerprint density at radius 1 is 1.30 bits per heavy atom. The van der Waals surface area contributed by atoms with Gasteiger partial charge in [-0.2, -0.15) is 8.78 Å². The summed E-state index contributed by atoms with van der Waals surface area (Å²) in [5.74, 6) is 0.524. The Hall–Kier alpha value is -1.20. The van der Waals surface area contributed by atoms with Crippen LogP contribution < -0.4 is 4.74 Å². The van der Waals surface area contributed by atoms with Crippen molar-refractivity contribution < 1.29 is 18.6 Å². The third-order valence-electron chi connectivity index (χ3n) is 3.90. The van der Waals surface area contributed by atoms with Crippen LogP contribution in [0.4, 0.5) is 8.78 Å². The average Bonchev–Trinajstić information content (AvgIpc) is 2.43. The summed E-state index contributed by atoms with van der Waals surface area (Å²) in [7, 11) is 0. The van der Waals surface area contributed by atoms with Gasteiger partial charge in [0, 0.05) is 25.7 Å². The molecular weight excluding hydrogens is 264 g/mol. The van der Waals surface area contributed by atoms with Crippen LogP contribution in [0.25, 0.3) is 0 Å². The number of likely N-dealkylation sites (tertiary alicyclic amines) is 1. The van der Waals surface area contributed by atoms with Crippen molar-refractivity contribution >= 4 is 0 Å². The summed E-state index contributed by atoms with van der Waals surface area (Å²) in [5.41, 5.74) is 1.07. The van der Waals surface area contributed by atoms with E-state index in [4.69, 9.17) is 0 Å². The molecule has 0 radical (unpaired) electrons. The van der Waals surface area contributed by atoms with E-state index in [1.165, 1.54) is 0 Å². The molecule has 20 heavy (non-hydrogen) atoms. The largest absolute Gasteiger partial charge is 0.435 e. The summed E-state index contributed by atoms with van der Waals surface area (Å²) in [6.45, 7) is 1.28. The van der Waals surface area contributed by atoms with Crippen molar-refractivity contribution in [3.63, 3.8) is 0 Å². The highest BCUT2D eigenvalue weighted by Gasteiger charge is 2.24. The molecular formula is C15H21F2NO2. The smallest absolute Gasteiger partial charge is 0.387 e. The van der Waals surface area contributed by atoms with Crippen LogP contribution >= 0.6 is 0 Å². The maximum atomic E-state index is 12.1. The van der Waals surface area contributed by atoms with Gasteiger partial charge in [-0.05, 0) is 43.4 Å². The van der Waals surface area contributed by atoms with Gasteiger partial charge in [-0.1, -0.05) is 12.1 Å². The minimum absolute atomic E-state index is 0.184. The van der Waals surface area contributed by atoms with E-state index in [9.17, 15) is 13.9 Å². The van der Waals surface area contributed by atoms with Gasteiger partial charge in [-0.25, -0.2) is 0 Å². The SMILES string of the molecule is CC1CCC(CO)CN1Cc1ccc(OC(F)F)cc1. The number of aliphatic hydroxyl groups is 1. The summed E-state index contributed by atoms with van der Waals surface area (Å²) in [6, 6.07) is 7.24. The Bertz CT molecular complexity index is 411. The lowest BCUT2D eigenvalue weighted by molar-refractivity contribution is -0.0498. The van der Waals surface area contributed by atoms with Crippen molar-refractivity contribution in [3.8, 4) is 5.75 Å². The van der Waals surface area contributed by atoms with E-state index in [2.05, 4.69) is 16.6 Å². The molecule has 0 bridgehead atoms. The maximum Gasteiger partial charge on any atom is 0.387 e. The van der Waals surface area contributed by atoms with E-state index >= 15 is 0 Å². The highest BCUT2D eigenvalue weighted by Crippen LogP contribution is 2.24. The van der Waals surface area contributed by atoms with Crippen molar-refractivity contribution in [2.24, 2.45) is 5.92 Å². The van der Waals surface area contributed by atoms with Crippen molar-refractivity contribution in [2.45, 2.75) is 39.0 Å². The third-order valence-corrected chi connectivity index (χ3v) is 3.90. The molecule has 1 N–H and O–H groups in total. The monoisotopic (exact) mass is 285 g/mol. The lowest BCUT2D eigenvalue weighted by Gasteiger charge is -2.37. The van der Waals surface area contributed by atoms with Gasteiger partial charge in [-0.3, -0.25) is 4.90 Å². The second-order valence-electron chi connectivity index (χ2n) is 5.43. The quantitative estimate of drug-likeness (QED) is 0.903. The van der Waals surface area contributed by atoms with Crippen LogP contribution in [0.1, 0.15) is 25.3 Å². The van der Waals surface area contributed by atoms with Gasteiger partial charge >= 0.3 is 6.61 Å². The maximum absolute atomic E-state index is 12.1. The Labute approximate surface area is 118 Å². The third kappa shape index (κ3) is 4.15. The Balaban J connectivity index is 1.94. The van der Waals surface area contributed by atoms with Gasteiger partial charge in [0.05, 0.1) is 0 Å². The van der Waals surface area contributed by atoms with Gasteiger partial charge in [0.1, 0.15) is 5.75 Å². The first-order chi connectivity index (χ1) is 9.58. The average molecular weight is 285 g/mol. The van der Waals surface area contributed by atoms with Crippen LogP contribution in [0.15, 0.2) is 24.3 Å². The fourth-order valence-corrected chi connectivity index (χ4v) is 2.64. The molecule has 112 valence electrons. The van der Waals surface area contributed by atoms with Gasteiger partial charge in [0.25, 0.3) is 0 Å². The van der Waals surface area contributed by atoms with Crippen molar-refractivity contribution in [1.82, 2.24) is 4.90 Å². The number of halogens is 2. The zero-order valence-electron chi connectivity index (χ0n) is 11.6. The topological polar surface area (TPSA) is 32.7 Å². The molecule has 1 aliphatic rings. The molecule has 0 spiro atoms. The molecule has 1 fully saturated rings. The highest BCUT2D eigenvalue weighted by atomic mass is 19.3. The number of piperidine rings is 1. The highest BCUT2D eigenvalue weighted by molar-refractivity contribution is 5.27. The van der Waals surface area contributed by atoms with Gasteiger partial charge in [0.2, 0.25) is 0 Å². The number of nitrogens with zero attached hydrogens (tertiary/aromatic N) is 1. The molecule has 0 amide bonds. The first-order valence-corrected chi connectivity index (χ1v) is 6.97. The summed E-state index contributed by atoms with van der Waals surface area (Å²) >= 11 is 0. The van der Waals surface area contributed by atoms with E-state index < -0.39 is 6.61 Å². The number of rotatable bonds is 5. The summed E-state index contributed by atoms with van der Waals surface area (Å²) in [4.78, 5) is 2.33. The molecule has 1 saturated heterocycles. The first-order valence-electron chi connectivity index (χ1n) is 6.97. The Morgan fingerprint density at radius 2 is 2.00 bits per heavy atom. The van der Waals surface area contributed by atoms with Gasteiger partial charge in [-0.15, -0.1) is 0 Å². The van der Waals surface area contributed by atoms with E-state index in [0.717, 1.165) is 31.5 Å². The van der Waals surface area contributed by atoms with Crippen LogP contribution in [0, 0.1) is 5.92 Å². The van der Waals surface area contributed by atoms with Gasteiger partial charge in [0.15, 0.2) is 0 Å². The zero-order valence-corrected chi connectivity index (χ0v) is 11.6. The number of benzene rings is 1. The van der Waals surface area contributed by atoms with Crippen molar-refractivity contribution in [2.75, 3.05) is 13.2 Å². The molecule has 2 rings (SSSR count). The number of aliphatic hydroxyl groups excluding tert-OH is 1. The minimum Gasteiger partial charge on any atom is -0.435 e. The molecule has 1 aromatic carbocycles. The summed E-state index contributed by atoms with van der Waals surface area (Å²) in [6.07, 6.45) is 2.15. The van der Waals surface area contributed by atoms with Crippen molar-refractivity contribution in [3.05, 3.63) is 29.8 Å². The lowest BCUT2D eigenvalue weighted by atomic mass is 9.93. The molecule has 0 saturated carbocycles. The number of alkyl halides is 2. The van der Waals surface area contributed by atoms with Crippen LogP contribution in [-0.2, 0) is 6.54 Å². The molecule has 1 aromatic rings. The van der Waals surface area contributed by atoms with E-state index in [0.29, 0.717) is 12.0 Å². The molecule has 0 aromatic heterocycles. The minimum atomic E-state index is -2.78. The number of ether oxygens (including phenoxy) is 1. The normalized spacial score (nSPS) is 24.1. The van der Waals surface area contributed by atoms with Gasteiger partial charge < -0.3 is 9.84 Å². The van der Waals surface area contributed by atoms with Crippen LogP contribution in [0.3, 0.4) is 0 Å². The molecule has 3 nitrogen and oxygen atoms in total. The molecule has 2 unspecified atom stereocenters. The second-order valence-corrected chi connectivity index (χ2v) is 5.43. The Kier molecular flexibility index (Phi) is 5.31. The predicted molar refractivity (Wildman–Crippen MR) is 72.8 cm³/mol.